The molecule has 1 aliphatic carbocycles. The van der Waals surface area contributed by atoms with Crippen molar-refractivity contribution in [2.45, 2.75) is 57.0 Å². The van der Waals surface area contributed by atoms with Crippen LogP contribution >= 0.6 is 0 Å². The molecule has 0 aliphatic heterocycles. The fourth-order valence-electron chi connectivity index (χ4n) is 4.79. The van der Waals surface area contributed by atoms with Crippen LogP contribution in [-0.4, -0.2) is 44.9 Å². The number of aryl methyl sites for hydroxylation is 1. The molecule has 0 spiro atoms. The van der Waals surface area contributed by atoms with E-state index in [2.05, 4.69) is 43.3 Å². The predicted octanol–water partition coefficient (Wildman–Crippen LogP) is 4.48. The maximum atomic E-state index is 13.6. The van der Waals surface area contributed by atoms with Gasteiger partial charge in [-0.1, -0.05) is 42.5 Å². The lowest BCUT2D eigenvalue weighted by atomic mass is 9.84. The molecule has 3 aromatic rings. The third kappa shape index (κ3) is 8.22. The Morgan fingerprint density at radius 3 is 2.39 bits per heavy atom. The average molecular weight is 521 g/mol. The number of hydrogen-bond acceptors (Lipinski definition) is 6. The fraction of sp³-hybridized carbons (Fsp3) is 0.393. The van der Waals surface area contributed by atoms with Crippen LogP contribution in [-0.2, 0) is 11.2 Å². The molecule has 38 heavy (non-hydrogen) atoms. The number of carboxylic acid groups (broad SMARTS) is 1. The van der Waals surface area contributed by atoms with Gasteiger partial charge in [-0.3, -0.25) is 4.79 Å². The largest absolute Gasteiger partial charge is 0.465 e. The predicted molar refractivity (Wildman–Crippen MR) is 141 cm³/mol. The summed E-state index contributed by atoms with van der Waals surface area (Å²) in [5.74, 6) is 0.0452. The molecule has 2 amide bonds. The standard InChI is InChI=1S/C28H33FN6O3/c29-22-12-10-21(11-13-22)26(33-25(36)17-20-8-14-23(15-9-20)32-28(37)38)24-18-31-27(35-34-24)30-16-4-7-19-5-2-1-3-6-19/h1-3,5-6,10-13,18,20,23,26,32H,4,7-9,14-17H2,(H,33,36)(H,37,38)(H,30,31,35). The summed E-state index contributed by atoms with van der Waals surface area (Å²) < 4.78 is 13.6. The van der Waals surface area contributed by atoms with E-state index >= 15 is 0 Å². The Morgan fingerprint density at radius 1 is 1.00 bits per heavy atom. The highest BCUT2D eigenvalue weighted by Gasteiger charge is 2.26. The summed E-state index contributed by atoms with van der Waals surface area (Å²) in [5, 5.41) is 26.1. The van der Waals surface area contributed by atoms with Crippen molar-refractivity contribution < 1.29 is 19.1 Å². The number of carbonyl (C=O) groups is 2. The van der Waals surface area contributed by atoms with Crippen LogP contribution in [0.4, 0.5) is 15.1 Å². The third-order valence-corrected chi connectivity index (χ3v) is 6.80. The van der Waals surface area contributed by atoms with Crippen LogP contribution in [0.1, 0.15) is 61.4 Å². The quantitative estimate of drug-likeness (QED) is 0.274. The highest BCUT2D eigenvalue weighted by Crippen LogP contribution is 2.28. The minimum absolute atomic E-state index is 0.0643. The molecule has 0 saturated heterocycles. The van der Waals surface area contributed by atoms with Gasteiger partial charge in [0, 0.05) is 19.0 Å². The minimum atomic E-state index is -1.02. The molecule has 200 valence electrons. The number of aromatic nitrogens is 3. The van der Waals surface area contributed by atoms with Crippen molar-refractivity contribution in [2.24, 2.45) is 5.92 Å². The zero-order valence-corrected chi connectivity index (χ0v) is 21.1. The minimum Gasteiger partial charge on any atom is -0.465 e. The van der Waals surface area contributed by atoms with E-state index in [0.29, 0.717) is 43.0 Å². The van der Waals surface area contributed by atoms with Gasteiger partial charge in [0.2, 0.25) is 11.9 Å². The Kier molecular flexibility index (Phi) is 9.55. The summed E-state index contributed by atoms with van der Waals surface area (Å²) >= 11 is 0. The van der Waals surface area contributed by atoms with Crippen LogP contribution in [0.2, 0.25) is 0 Å². The molecule has 9 nitrogen and oxygen atoms in total. The lowest BCUT2D eigenvalue weighted by Gasteiger charge is -2.28. The van der Waals surface area contributed by atoms with Gasteiger partial charge in [0.05, 0.1) is 12.2 Å². The van der Waals surface area contributed by atoms with Crippen molar-refractivity contribution >= 4 is 17.9 Å². The molecule has 2 aromatic carbocycles. The van der Waals surface area contributed by atoms with Crippen LogP contribution < -0.4 is 16.0 Å². The lowest BCUT2D eigenvalue weighted by Crippen LogP contribution is -2.38. The summed E-state index contributed by atoms with van der Waals surface area (Å²) in [6.07, 6.45) is 5.69. The maximum absolute atomic E-state index is 13.6. The first-order valence-electron chi connectivity index (χ1n) is 13.0. The van der Waals surface area contributed by atoms with Crippen molar-refractivity contribution in [1.82, 2.24) is 25.8 Å². The lowest BCUT2D eigenvalue weighted by molar-refractivity contribution is -0.122. The van der Waals surface area contributed by atoms with E-state index in [9.17, 15) is 14.0 Å². The summed E-state index contributed by atoms with van der Waals surface area (Å²) in [6.45, 7) is 0.693. The SMILES string of the molecule is O=C(O)NC1CCC(CC(=O)NC(c2ccc(F)cc2)c2cnc(NCCCc3ccccc3)nn2)CC1. The molecule has 1 unspecified atom stereocenters. The zero-order chi connectivity index (χ0) is 26.7. The number of rotatable bonds is 11. The molecule has 4 rings (SSSR count). The number of anilines is 1. The Labute approximate surface area is 221 Å². The molecule has 10 heteroatoms. The normalized spacial score (nSPS) is 17.8. The first kappa shape index (κ1) is 27.0. The van der Waals surface area contributed by atoms with Gasteiger partial charge in [-0.2, -0.15) is 0 Å². The Morgan fingerprint density at radius 2 is 1.74 bits per heavy atom. The van der Waals surface area contributed by atoms with Crippen LogP contribution in [0.5, 0.6) is 0 Å². The maximum Gasteiger partial charge on any atom is 0.404 e. The smallest absolute Gasteiger partial charge is 0.404 e. The molecule has 1 heterocycles. The van der Waals surface area contributed by atoms with Crippen molar-refractivity contribution in [1.29, 1.82) is 0 Å². The summed E-state index contributed by atoms with van der Waals surface area (Å²) in [6, 6.07) is 15.5. The molecule has 1 aromatic heterocycles. The number of benzene rings is 2. The fourth-order valence-corrected chi connectivity index (χ4v) is 4.79. The van der Waals surface area contributed by atoms with E-state index in [1.54, 1.807) is 18.3 Å². The van der Waals surface area contributed by atoms with Gasteiger partial charge in [0.25, 0.3) is 0 Å². The van der Waals surface area contributed by atoms with Gasteiger partial charge < -0.3 is 21.1 Å². The topological polar surface area (TPSA) is 129 Å². The monoisotopic (exact) mass is 520 g/mol. The van der Waals surface area contributed by atoms with Gasteiger partial charge in [-0.15, -0.1) is 10.2 Å². The third-order valence-electron chi connectivity index (χ3n) is 6.80. The average Bonchev–Trinajstić information content (AvgIpc) is 2.92. The molecular formula is C28H33FN6O3. The van der Waals surface area contributed by atoms with Gasteiger partial charge >= 0.3 is 6.09 Å². The number of amides is 2. The van der Waals surface area contributed by atoms with Crippen molar-refractivity contribution in [3.05, 3.63) is 83.4 Å². The Bertz CT molecular complexity index is 1170. The number of halogens is 1. The van der Waals surface area contributed by atoms with Gasteiger partial charge in [0.1, 0.15) is 11.5 Å². The van der Waals surface area contributed by atoms with Gasteiger partial charge in [0.15, 0.2) is 0 Å². The second kappa shape index (κ2) is 13.5. The molecule has 0 radical (unpaired) electrons. The first-order valence-corrected chi connectivity index (χ1v) is 13.0. The van der Waals surface area contributed by atoms with Crippen molar-refractivity contribution in [3.63, 3.8) is 0 Å². The molecule has 1 atom stereocenters. The van der Waals surface area contributed by atoms with Crippen LogP contribution in [0.15, 0.2) is 60.8 Å². The Hall–Kier alpha value is -4.08. The molecule has 0 bridgehead atoms. The second-order valence-electron chi connectivity index (χ2n) is 9.65. The first-order chi connectivity index (χ1) is 18.5. The zero-order valence-electron chi connectivity index (χ0n) is 21.1. The Balaban J connectivity index is 1.34. The summed E-state index contributed by atoms with van der Waals surface area (Å²) in [4.78, 5) is 28.2. The van der Waals surface area contributed by atoms with Crippen molar-refractivity contribution in [3.8, 4) is 0 Å². The number of nitrogens with one attached hydrogen (secondary N) is 3. The summed E-state index contributed by atoms with van der Waals surface area (Å²) in [5.41, 5.74) is 2.40. The highest BCUT2D eigenvalue weighted by molar-refractivity contribution is 5.77. The molecular weight excluding hydrogens is 487 g/mol. The molecule has 1 aliphatic rings. The van der Waals surface area contributed by atoms with E-state index in [-0.39, 0.29) is 23.7 Å². The number of nitrogens with zero attached hydrogens (tertiary/aromatic N) is 3. The van der Waals surface area contributed by atoms with E-state index in [1.165, 1.54) is 17.7 Å². The van der Waals surface area contributed by atoms with E-state index in [0.717, 1.165) is 25.7 Å². The number of hydrogen-bond donors (Lipinski definition) is 4. The second-order valence-corrected chi connectivity index (χ2v) is 9.65. The highest BCUT2D eigenvalue weighted by atomic mass is 19.1. The number of carbonyl (C=O) groups excluding carboxylic acids is 1. The molecule has 1 saturated carbocycles. The van der Waals surface area contributed by atoms with Crippen LogP contribution in [0.25, 0.3) is 0 Å². The van der Waals surface area contributed by atoms with Crippen LogP contribution in [0, 0.1) is 11.7 Å². The van der Waals surface area contributed by atoms with Gasteiger partial charge in [-0.05, 0) is 67.7 Å². The van der Waals surface area contributed by atoms with Crippen molar-refractivity contribution in [2.75, 3.05) is 11.9 Å². The van der Waals surface area contributed by atoms with E-state index < -0.39 is 12.1 Å². The van der Waals surface area contributed by atoms with Gasteiger partial charge in [-0.25, -0.2) is 14.2 Å². The van der Waals surface area contributed by atoms with E-state index in [4.69, 9.17) is 5.11 Å². The molecule has 4 N–H and O–H groups in total. The van der Waals surface area contributed by atoms with E-state index in [1.807, 2.05) is 18.2 Å². The molecule has 1 fully saturated rings. The van der Waals surface area contributed by atoms with Crippen LogP contribution in [0.3, 0.4) is 0 Å². The summed E-state index contributed by atoms with van der Waals surface area (Å²) in [7, 11) is 0.